The molecule has 0 aliphatic carbocycles. The molecule has 1 aliphatic rings. The molecule has 1 aromatic heterocycles. The molecule has 2 aromatic carbocycles. The van der Waals surface area contributed by atoms with Crippen LogP contribution in [0.5, 0.6) is 0 Å². The quantitative estimate of drug-likeness (QED) is 0.311. The molecule has 3 aromatic rings. The van der Waals surface area contributed by atoms with Crippen molar-refractivity contribution < 1.29 is 9.59 Å². The Bertz CT molecular complexity index is 1190. The molecule has 1 aliphatic heterocycles. The van der Waals surface area contributed by atoms with E-state index in [9.17, 15) is 9.59 Å². The average molecular weight is 529 g/mol. The second-order valence-corrected chi connectivity index (χ2v) is 10.4. The van der Waals surface area contributed by atoms with Crippen LogP contribution in [0, 0.1) is 5.92 Å². The number of anilines is 2. The van der Waals surface area contributed by atoms with Gasteiger partial charge in [-0.15, -0.1) is 0 Å². The zero-order valence-electron chi connectivity index (χ0n) is 22.8. The van der Waals surface area contributed by atoms with Gasteiger partial charge in [-0.2, -0.15) is 0 Å². The number of nitrogens with one attached hydrogen (secondary N) is 2. The van der Waals surface area contributed by atoms with Crippen molar-refractivity contribution in [3.63, 3.8) is 0 Å². The maximum atomic E-state index is 13.2. The van der Waals surface area contributed by atoms with Crippen molar-refractivity contribution in [2.24, 2.45) is 5.92 Å². The number of piperidine rings is 1. The summed E-state index contributed by atoms with van der Waals surface area (Å²) in [6.45, 7) is 7.22. The molecule has 0 saturated carbocycles. The van der Waals surface area contributed by atoms with Crippen LogP contribution in [0.3, 0.4) is 0 Å². The fraction of sp³-hybridized carbons (Fsp3) is 0.387. The molecule has 0 spiro atoms. The summed E-state index contributed by atoms with van der Waals surface area (Å²) in [5.41, 5.74) is 9.34. The second kappa shape index (κ2) is 14.3. The van der Waals surface area contributed by atoms with Gasteiger partial charge in [-0.3, -0.25) is 9.78 Å². The number of nitrogens with zero attached hydrogens (tertiary/aromatic N) is 3. The van der Waals surface area contributed by atoms with Crippen LogP contribution < -0.4 is 16.4 Å². The highest BCUT2D eigenvalue weighted by Gasteiger charge is 2.18. The molecule has 0 unspecified atom stereocenters. The fourth-order valence-corrected chi connectivity index (χ4v) is 4.76. The number of carbonyl (C=O) groups excluding carboxylic acids is 2. The number of nitrogens with two attached hydrogens (primary N) is 1. The highest BCUT2D eigenvalue weighted by atomic mass is 16.2. The SMILES string of the molecule is CC1CCN(CCCN(Cc2ccc(C(=O)Nc3ccccc3N)nc2)C(=O)NCCc2ccccc2)CC1. The molecule has 1 saturated heterocycles. The van der Waals surface area contributed by atoms with Crippen LogP contribution in [0.25, 0.3) is 0 Å². The predicted octanol–water partition coefficient (Wildman–Crippen LogP) is 4.79. The molecule has 0 atom stereocenters. The van der Waals surface area contributed by atoms with Gasteiger partial charge in [0, 0.05) is 25.8 Å². The lowest BCUT2D eigenvalue weighted by Crippen LogP contribution is -2.42. The maximum absolute atomic E-state index is 13.2. The third-order valence-corrected chi connectivity index (χ3v) is 7.24. The summed E-state index contributed by atoms with van der Waals surface area (Å²) in [7, 11) is 0. The predicted molar refractivity (Wildman–Crippen MR) is 156 cm³/mol. The smallest absolute Gasteiger partial charge is 0.317 e. The zero-order chi connectivity index (χ0) is 27.5. The van der Waals surface area contributed by atoms with E-state index in [2.05, 4.69) is 39.6 Å². The molecule has 1 fully saturated rings. The van der Waals surface area contributed by atoms with Gasteiger partial charge >= 0.3 is 6.03 Å². The minimum absolute atomic E-state index is 0.0837. The molecule has 0 radical (unpaired) electrons. The Labute approximate surface area is 231 Å². The van der Waals surface area contributed by atoms with E-state index in [-0.39, 0.29) is 11.9 Å². The molecular formula is C31H40N6O2. The first-order valence-corrected chi connectivity index (χ1v) is 13.9. The Morgan fingerprint density at radius 3 is 2.46 bits per heavy atom. The maximum Gasteiger partial charge on any atom is 0.317 e. The van der Waals surface area contributed by atoms with Crippen molar-refractivity contribution >= 4 is 23.3 Å². The summed E-state index contributed by atoms with van der Waals surface area (Å²) >= 11 is 0. The standard InChI is InChI=1S/C31H40N6O2/c1-24-15-20-36(21-16-24)18-7-19-37(31(39)33-17-14-25-8-3-2-4-9-25)23-26-12-13-29(34-22-26)30(38)35-28-11-6-5-10-27(28)32/h2-6,8-13,22,24H,7,14-21,23,32H2,1H3,(H,33,39)(H,35,38). The monoisotopic (exact) mass is 528 g/mol. The third kappa shape index (κ3) is 8.82. The Balaban J connectivity index is 1.34. The van der Waals surface area contributed by atoms with Crippen LogP contribution in [0.15, 0.2) is 72.9 Å². The normalized spacial score (nSPS) is 14.1. The Morgan fingerprint density at radius 1 is 1.00 bits per heavy atom. The molecule has 8 heteroatoms. The molecular weight excluding hydrogens is 488 g/mol. The number of urea groups is 1. The molecule has 206 valence electrons. The number of amides is 3. The highest BCUT2D eigenvalue weighted by molar-refractivity contribution is 6.04. The van der Waals surface area contributed by atoms with Crippen LogP contribution in [-0.4, -0.2) is 59.4 Å². The summed E-state index contributed by atoms with van der Waals surface area (Å²) in [4.78, 5) is 34.5. The summed E-state index contributed by atoms with van der Waals surface area (Å²) in [5.74, 6) is 0.474. The fourth-order valence-electron chi connectivity index (χ4n) is 4.76. The van der Waals surface area contributed by atoms with Gasteiger partial charge in [0.2, 0.25) is 0 Å². The van der Waals surface area contributed by atoms with Crippen molar-refractivity contribution in [3.8, 4) is 0 Å². The second-order valence-electron chi connectivity index (χ2n) is 10.4. The zero-order valence-corrected chi connectivity index (χ0v) is 22.8. The number of carbonyl (C=O) groups is 2. The van der Waals surface area contributed by atoms with Gasteiger partial charge in [0.05, 0.1) is 11.4 Å². The lowest BCUT2D eigenvalue weighted by Gasteiger charge is -2.31. The number of hydrogen-bond acceptors (Lipinski definition) is 5. The average Bonchev–Trinajstić information content (AvgIpc) is 2.95. The van der Waals surface area contributed by atoms with Gasteiger partial charge in [0.15, 0.2) is 0 Å². The van der Waals surface area contributed by atoms with Crippen molar-refractivity contribution in [1.29, 1.82) is 0 Å². The van der Waals surface area contributed by atoms with E-state index in [0.717, 1.165) is 44.0 Å². The topological polar surface area (TPSA) is 104 Å². The number of benzene rings is 2. The summed E-state index contributed by atoms with van der Waals surface area (Å²) in [5, 5.41) is 5.88. The Morgan fingerprint density at radius 2 is 1.74 bits per heavy atom. The first kappa shape index (κ1) is 28.1. The number of nitrogen functional groups attached to an aromatic ring is 1. The molecule has 2 heterocycles. The van der Waals surface area contributed by atoms with Crippen LogP contribution in [-0.2, 0) is 13.0 Å². The molecule has 8 nitrogen and oxygen atoms in total. The lowest BCUT2D eigenvalue weighted by atomic mass is 9.99. The van der Waals surface area contributed by atoms with Crippen molar-refractivity contribution in [2.45, 2.75) is 39.2 Å². The molecule has 4 rings (SSSR count). The number of likely N-dealkylation sites (tertiary alicyclic amines) is 1. The molecule has 3 amide bonds. The minimum atomic E-state index is -0.328. The first-order chi connectivity index (χ1) is 19.0. The molecule has 4 N–H and O–H groups in total. The van der Waals surface area contributed by atoms with Crippen LogP contribution in [0.2, 0.25) is 0 Å². The number of pyridine rings is 1. The van der Waals surface area contributed by atoms with E-state index < -0.39 is 0 Å². The van der Waals surface area contributed by atoms with Crippen molar-refractivity contribution in [1.82, 2.24) is 20.1 Å². The van der Waals surface area contributed by atoms with Gasteiger partial charge in [-0.1, -0.05) is 55.5 Å². The van der Waals surface area contributed by atoms with Gasteiger partial charge in [-0.25, -0.2) is 4.79 Å². The number of para-hydroxylation sites is 2. The van der Waals surface area contributed by atoms with E-state index in [0.29, 0.717) is 36.7 Å². The Kier molecular flexibility index (Phi) is 10.3. The van der Waals surface area contributed by atoms with E-state index >= 15 is 0 Å². The number of aromatic nitrogens is 1. The Hall–Kier alpha value is -3.91. The van der Waals surface area contributed by atoms with Crippen LogP contribution in [0.1, 0.15) is 47.8 Å². The highest BCUT2D eigenvalue weighted by Crippen LogP contribution is 2.18. The van der Waals surface area contributed by atoms with E-state index in [1.54, 1.807) is 24.4 Å². The third-order valence-electron chi connectivity index (χ3n) is 7.24. The number of rotatable bonds is 11. The minimum Gasteiger partial charge on any atom is -0.397 e. The number of hydrogen-bond donors (Lipinski definition) is 3. The van der Waals surface area contributed by atoms with E-state index in [1.807, 2.05) is 41.3 Å². The lowest BCUT2D eigenvalue weighted by molar-refractivity contribution is 0.102. The molecule has 39 heavy (non-hydrogen) atoms. The van der Waals surface area contributed by atoms with Gasteiger partial charge in [0.25, 0.3) is 5.91 Å². The van der Waals surface area contributed by atoms with E-state index in [4.69, 9.17) is 5.73 Å². The van der Waals surface area contributed by atoms with Gasteiger partial charge < -0.3 is 26.2 Å². The first-order valence-electron chi connectivity index (χ1n) is 13.9. The summed E-state index contributed by atoms with van der Waals surface area (Å²) < 4.78 is 0. The largest absolute Gasteiger partial charge is 0.397 e. The van der Waals surface area contributed by atoms with Crippen molar-refractivity contribution in [3.05, 3.63) is 89.7 Å². The van der Waals surface area contributed by atoms with Crippen LogP contribution in [0.4, 0.5) is 16.2 Å². The van der Waals surface area contributed by atoms with E-state index in [1.165, 1.54) is 18.4 Å². The van der Waals surface area contributed by atoms with Gasteiger partial charge in [-0.05, 0) is 80.6 Å². The molecule has 0 bridgehead atoms. The van der Waals surface area contributed by atoms with Crippen molar-refractivity contribution in [2.75, 3.05) is 43.8 Å². The van der Waals surface area contributed by atoms with Gasteiger partial charge in [0.1, 0.15) is 5.69 Å². The van der Waals surface area contributed by atoms with Crippen LogP contribution >= 0.6 is 0 Å². The summed E-state index contributed by atoms with van der Waals surface area (Å²) in [6, 6.07) is 20.7. The summed E-state index contributed by atoms with van der Waals surface area (Å²) in [6.07, 6.45) is 5.84.